The highest BCUT2D eigenvalue weighted by atomic mass is 14.7. The van der Waals surface area contributed by atoms with Crippen molar-refractivity contribution >= 4 is 10.9 Å². The fourth-order valence-electron chi connectivity index (χ4n) is 2.88. The van der Waals surface area contributed by atoms with E-state index in [0.717, 1.165) is 0 Å². The second kappa shape index (κ2) is 5.96. The average molecular weight is 263 g/mol. The highest BCUT2D eigenvalue weighted by Gasteiger charge is 2.09. The van der Waals surface area contributed by atoms with E-state index in [9.17, 15) is 0 Å². The van der Waals surface area contributed by atoms with E-state index in [1.165, 1.54) is 53.3 Å². The molecule has 0 saturated carbocycles. The van der Waals surface area contributed by atoms with Crippen molar-refractivity contribution in [1.82, 2.24) is 4.98 Å². The van der Waals surface area contributed by atoms with Gasteiger partial charge in [-0.2, -0.15) is 0 Å². The minimum absolute atomic E-state index is 1.17. The summed E-state index contributed by atoms with van der Waals surface area (Å²) in [5.74, 6) is 0. The Kier molecular flexibility index (Phi) is 3.87. The van der Waals surface area contributed by atoms with E-state index in [1.54, 1.807) is 0 Å². The number of H-pyrrole nitrogens is 1. The van der Waals surface area contributed by atoms with Crippen LogP contribution in [0.4, 0.5) is 0 Å². The molecule has 0 aliphatic carbocycles. The van der Waals surface area contributed by atoms with Crippen molar-refractivity contribution in [3.8, 4) is 11.1 Å². The van der Waals surface area contributed by atoms with Gasteiger partial charge in [0.05, 0.1) is 0 Å². The number of hydrogen-bond donors (Lipinski definition) is 1. The third-order valence-corrected chi connectivity index (χ3v) is 3.93. The van der Waals surface area contributed by atoms with E-state index < -0.39 is 0 Å². The lowest BCUT2D eigenvalue weighted by Crippen LogP contribution is -1.88. The number of rotatable bonds is 5. The minimum atomic E-state index is 1.17. The fourth-order valence-corrected chi connectivity index (χ4v) is 2.88. The van der Waals surface area contributed by atoms with Crippen LogP contribution in [0.15, 0.2) is 54.7 Å². The Morgan fingerprint density at radius 2 is 1.75 bits per heavy atom. The van der Waals surface area contributed by atoms with Gasteiger partial charge in [0.1, 0.15) is 0 Å². The van der Waals surface area contributed by atoms with E-state index >= 15 is 0 Å². The van der Waals surface area contributed by atoms with Crippen molar-refractivity contribution in [2.24, 2.45) is 0 Å². The van der Waals surface area contributed by atoms with Gasteiger partial charge in [-0.25, -0.2) is 0 Å². The maximum absolute atomic E-state index is 3.42. The van der Waals surface area contributed by atoms with Gasteiger partial charge in [0.25, 0.3) is 0 Å². The monoisotopic (exact) mass is 263 g/mol. The molecule has 1 heterocycles. The van der Waals surface area contributed by atoms with E-state index in [0.29, 0.717) is 0 Å². The molecule has 0 amide bonds. The molecule has 3 aromatic rings. The van der Waals surface area contributed by atoms with Crippen LogP contribution in [0.3, 0.4) is 0 Å². The average Bonchev–Trinajstić information content (AvgIpc) is 2.93. The number of aryl methyl sites for hydroxylation is 1. The summed E-state index contributed by atoms with van der Waals surface area (Å²) in [6.07, 6.45) is 7.16. The van der Waals surface area contributed by atoms with Gasteiger partial charge in [-0.3, -0.25) is 0 Å². The summed E-state index contributed by atoms with van der Waals surface area (Å²) in [5, 5.41) is 1.40. The van der Waals surface area contributed by atoms with Gasteiger partial charge in [0, 0.05) is 22.7 Å². The number of fused-ring (bicyclic) bond motifs is 1. The molecule has 3 rings (SSSR count). The van der Waals surface area contributed by atoms with E-state index in [4.69, 9.17) is 0 Å². The normalized spacial score (nSPS) is 11.1. The zero-order valence-corrected chi connectivity index (χ0v) is 12.0. The zero-order valence-electron chi connectivity index (χ0n) is 12.0. The van der Waals surface area contributed by atoms with E-state index in [1.807, 2.05) is 0 Å². The Balaban J connectivity index is 2.05. The van der Waals surface area contributed by atoms with Gasteiger partial charge in [-0.1, -0.05) is 62.2 Å². The van der Waals surface area contributed by atoms with Crippen LogP contribution in [0.2, 0.25) is 0 Å². The molecule has 0 aliphatic heterocycles. The van der Waals surface area contributed by atoms with Crippen molar-refractivity contribution in [2.45, 2.75) is 32.6 Å². The van der Waals surface area contributed by atoms with Crippen LogP contribution in [0.25, 0.3) is 22.0 Å². The number of benzene rings is 2. The molecule has 0 atom stereocenters. The third kappa shape index (κ3) is 2.49. The molecule has 1 aromatic heterocycles. The molecule has 1 nitrogen and oxygen atoms in total. The molecular weight excluding hydrogens is 242 g/mol. The second-order valence-electron chi connectivity index (χ2n) is 5.37. The van der Waals surface area contributed by atoms with Gasteiger partial charge in [0.2, 0.25) is 0 Å². The van der Waals surface area contributed by atoms with E-state index in [2.05, 4.69) is 66.6 Å². The summed E-state index contributed by atoms with van der Waals surface area (Å²) >= 11 is 0. The molecule has 102 valence electrons. The van der Waals surface area contributed by atoms with Crippen molar-refractivity contribution < 1.29 is 0 Å². The Bertz CT molecular complexity index is 679. The van der Waals surface area contributed by atoms with Gasteiger partial charge < -0.3 is 4.98 Å². The first-order chi connectivity index (χ1) is 9.90. The van der Waals surface area contributed by atoms with Crippen molar-refractivity contribution in [1.29, 1.82) is 0 Å². The standard InChI is InChI=1S/C19H21N/c1-2-3-5-11-16-12-8-13-18-19(16)17(14-20-18)15-9-6-4-7-10-15/h4,6-10,12-14,20H,2-3,5,11H2,1H3. The molecule has 0 bridgehead atoms. The highest BCUT2D eigenvalue weighted by molar-refractivity contribution is 5.97. The van der Waals surface area contributed by atoms with Crippen LogP contribution in [0.1, 0.15) is 31.7 Å². The van der Waals surface area contributed by atoms with Crippen LogP contribution in [0, 0.1) is 0 Å². The molecule has 2 aromatic carbocycles. The highest BCUT2D eigenvalue weighted by Crippen LogP contribution is 2.31. The predicted octanol–water partition coefficient (Wildman–Crippen LogP) is 5.57. The molecular formula is C19H21N. The molecule has 0 unspecified atom stereocenters. The first-order valence-corrected chi connectivity index (χ1v) is 7.54. The number of nitrogens with one attached hydrogen (secondary N) is 1. The fraction of sp³-hybridized carbons (Fsp3) is 0.263. The predicted molar refractivity (Wildman–Crippen MR) is 87.0 cm³/mol. The van der Waals surface area contributed by atoms with Crippen molar-refractivity contribution in [2.75, 3.05) is 0 Å². The largest absolute Gasteiger partial charge is 0.361 e. The van der Waals surface area contributed by atoms with Crippen LogP contribution >= 0.6 is 0 Å². The first kappa shape index (κ1) is 13.0. The Morgan fingerprint density at radius 1 is 0.900 bits per heavy atom. The zero-order chi connectivity index (χ0) is 13.8. The molecule has 1 heteroatoms. The molecule has 0 fully saturated rings. The molecule has 1 N–H and O–H groups in total. The van der Waals surface area contributed by atoms with Crippen LogP contribution in [-0.4, -0.2) is 4.98 Å². The summed E-state index contributed by atoms with van der Waals surface area (Å²) in [7, 11) is 0. The third-order valence-electron chi connectivity index (χ3n) is 3.93. The molecule has 0 saturated heterocycles. The van der Waals surface area contributed by atoms with Gasteiger partial charge >= 0.3 is 0 Å². The SMILES string of the molecule is CCCCCc1cccc2[nH]cc(-c3ccccc3)c12. The van der Waals surface area contributed by atoms with Crippen LogP contribution < -0.4 is 0 Å². The van der Waals surface area contributed by atoms with E-state index in [-0.39, 0.29) is 0 Å². The summed E-state index contributed by atoms with van der Waals surface area (Å²) in [4.78, 5) is 3.42. The smallest absolute Gasteiger partial charge is 0.0463 e. The maximum Gasteiger partial charge on any atom is 0.0463 e. The maximum atomic E-state index is 3.42. The van der Waals surface area contributed by atoms with Gasteiger partial charge in [-0.05, 0) is 30.0 Å². The molecule has 0 radical (unpaired) electrons. The lowest BCUT2D eigenvalue weighted by molar-refractivity contribution is 0.720. The Labute approximate surface area is 120 Å². The van der Waals surface area contributed by atoms with Crippen molar-refractivity contribution in [3.63, 3.8) is 0 Å². The number of aromatic amines is 1. The topological polar surface area (TPSA) is 15.8 Å². The van der Waals surface area contributed by atoms with Gasteiger partial charge in [0.15, 0.2) is 0 Å². The Morgan fingerprint density at radius 3 is 2.55 bits per heavy atom. The minimum Gasteiger partial charge on any atom is -0.361 e. The summed E-state index contributed by atoms with van der Waals surface area (Å²) in [6.45, 7) is 2.26. The molecule has 20 heavy (non-hydrogen) atoms. The number of aromatic nitrogens is 1. The Hall–Kier alpha value is -2.02. The summed E-state index contributed by atoms with van der Waals surface area (Å²) in [5.41, 5.74) is 5.34. The molecule has 0 spiro atoms. The first-order valence-electron chi connectivity index (χ1n) is 7.54. The van der Waals surface area contributed by atoms with Gasteiger partial charge in [-0.15, -0.1) is 0 Å². The molecule has 0 aliphatic rings. The second-order valence-corrected chi connectivity index (χ2v) is 5.37. The summed E-state index contributed by atoms with van der Waals surface area (Å²) < 4.78 is 0. The van der Waals surface area contributed by atoms with Crippen molar-refractivity contribution in [3.05, 3.63) is 60.3 Å². The van der Waals surface area contributed by atoms with Crippen LogP contribution in [-0.2, 0) is 6.42 Å². The lowest BCUT2D eigenvalue weighted by atomic mass is 9.97. The number of hydrogen-bond acceptors (Lipinski definition) is 0. The lowest BCUT2D eigenvalue weighted by Gasteiger charge is -2.06. The van der Waals surface area contributed by atoms with Crippen LogP contribution in [0.5, 0.6) is 0 Å². The quantitative estimate of drug-likeness (QED) is 0.579. The summed E-state index contributed by atoms with van der Waals surface area (Å²) in [6, 6.07) is 17.3. The number of unbranched alkanes of at least 4 members (excludes halogenated alkanes) is 2.